The number of carbonyl (C=O) groups is 1. The zero-order chi connectivity index (χ0) is 12.3. The van der Waals surface area contributed by atoms with Gasteiger partial charge < -0.3 is 10.6 Å². The van der Waals surface area contributed by atoms with E-state index in [1.165, 1.54) is 17.5 Å². The van der Waals surface area contributed by atoms with Crippen molar-refractivity contribution >= 4 is 24.0 Å². The van der Waals surface area contributed by atoms with Gasteiger partial charge in [-0.05, 0) is 49.1 Å². The molecule has 3 nitrogen and oxygen atoms in total. The van der Waals surface area contributed by atoms with Gasteiger partial charge in [-0.15, -0.1) is 12.4 Å². The van der Waals surface area contributed by atoms with Crippen molar-refractivity contribution in [3.05, 3.63) is 29.3 Å². The lowest BCUT2D eigenvalue weighted by Gasteiger charge is -2.25. The lowest BCUT2D eigenvalue weighted by atomic mass is 9.88. The molecule has 0 bridgehead atoms. The molecule has 0 radical (unpaired) electrons. The summed E-state index contributed by atoms with van der Waals surface area (Å²) < 4.78 is 0. The first-order valence-electron chi connectivity index (χ1n) is 6.32. The summed E-state index contributed by atoms with van der Waals surface area (Å²) in [5, 5.41) is 6.34. The van der Waals surface area contributed by atoms with Gasteiger partial charge in [0, 0.05) is 18.7 Å². The number of amides is 1. The highest BCUT2D eigenvalue weighted by molar-refractivity contribution is 5.88. The van der Waals surface area contributed by atoms with Gasteiger partial charge in [0.15, 0.2) is 0 Å². The molecule has 1 amide bonds. The van der Waals surface area contributed by atoms with Gasteiger partial charge in [-0.3, -0.25) is 4.79 Å². The van der Waals surface area contributed by atoms with Gasteiger partial charge in [0.2, 0.25) is 5.91 Å². The van der Waals surface area contributed by atoms with E-state index >= 15 is 0 Å². The smallest absolute Gasteiger partial charge is 0.221 e. The maximum Gasteiger partial charge on any atom is 0.221 e. The van der Waals surface area contributed by atoms with Crippen molar-refractivity contribution in [2.75, 3.05) is 11.9 Å². The summed E-state index contributed by atoms with van der Waals surface area (Å²) in [5.41, 5.74) is 3.70. The van der Waals surface area contributed by atoms with Crippen LogP contribution in [0.15, 0.2) is 18.2 Å². The largest absolute Gasteiger partial charge is 0.326 e. The number of hydrogen-bond donors (Lipinski definition) is 2. The summed E-state index contributed by atoms with van der Waals surface area (Å²) in [5.74, 6) is -0.0102. The summed E-state index contributed by atoms with van der Waals surface area (Å²) in [6.45, 7) is 4.70. The first-order chi connectivity index (χ1) is 8.19. The second-order valence-corrected chi connectivity index (χ2v) is 4.66. The normalized spacial score (nSPS) is 17.6. The number of fused-ring (bicyclic) bond motifs is 1. The van der Waals surface area contributed by atoms with E-state index in [2.05, 4.69) is 29.7 Å². The third kappa shape index (κ3) is 3.72. The van der Waals surface area contributed by atoms with E-state index in [0.29, 0.717) is 6.04 Å². The number of aryl methyl sites for hydroxylation is 1. The van der Waals surface area contributed by atoms with Crippen molar-refractivity contribution in [2.24, 2.45) is 0 Å². The lowest BCUT2D eigenvalue weighted by molar-refractivity contribution is -0.114. The fraction of sp³-hybridized carbons (Fsp3) is 0.500. The molecule has 18 heavy (non-hydrogen) atoms. The summed E-state index contributed by atoms with van der Waals surface area (Å²) >= 11 is 0. The standard InChI is InChI=1S/C14H20N2O.ClH/c1-3-15-13-6-4-11-5-7-14(16-10(2)17)9-12(11)8-13;/h5,7,9,13,15H,3-4,6,8H2,1-2H3,(H,16,17);1H. The van der Waals surface area contributed by atoms with Crippen LogP contribution in [0.1, 0.15) is 31.4 Å². The van der Waals surface area contributed by atoms with Crippen LogP contribution in [0.4, 0.5) is 5.69 Å². The molecular formula is C14H21ClN2O. The molecule has 0 heterocycles. The molecular weight excluding hydrogens is 248 g/mol. The van der Waals surface area contributed by atoms with Crippen LogP contribution in [-0.4, -0.2) is 18.5 Å². The van der Waals surface area contributed by atoms with E-state index in [4.69, 9.17) is 0 Å². The molecule has 1 atom stereocenters. The summed E-state index contributed by atoms with van der Waals surface area (Å²) in [6.07, 6.45) is 3.41. The van der Waals surface area contributed by atoms with Gasteiger partial charge >= 0.3 is 0 Å². The molecule has 1 aromatic carbocycles. The summed E-state index contributed by atoms with van der Waals surface area (Å²) in [6, 6.07) is 6.83. The molecule has 0 fully saturated rings. The van der Waals surface area contributed by atoms with Gasteiger partial charge in [0.05, 0.1) is 0 Å². The fourth-order valence-electron chi connectivity index (χ4n) is 2.50. The van der Waals surface area contributed by atoms with E-state index < -0.39 is 0 Å². The third-order valence-corrected chi connectivity index (χ3v) is 3.25. The predicted molar refractivity (Wildman–Crippen MR) is 77.5 cm³/mol. The van der Waals surface area contributed by atoms with Crippen LogP contribution in [0.25, 0.3) is 0 Å². The Morgan fingerprint density at radius 2 is 2.17 bits per heavy atom. The second kappa shape index (κ2) is 6.76. The second-order valence-electron chi connectivity index (χ2n) is 4.66. The zero-order valence-corrected chi connectivity index (χ0v) is 11.8. The Morgan fingerprint density at radius 3 is 2.83 bits per heavy atom. The number of rotatable bonds is 3. The van der Waals surface area contributed by atoms with E-state index in [0.717, 1.165) is 25.1 Å². The highest BCUT2D eigenvalue weighted by atomic mass is 35.5. The Labute approximate surface area is 115 Å². The van der Waals surface area contributed by atoms with Gasteiger partial charge in [0.1, 0.15) is 0 Å². The molecule has 0 aliphatic heterocycles. The molecule has 0 aromatic heterocycles. The minimum absolute atomic E-state index is 0. The van der Waals surface area contributed by atoms with Gasteiger partial charge in [-0.25, -0.2) is 0 Å². The van der Waals surface area contributed by atoms with E-state index in [1.807, 2.05) is 6.07 Å². The number of likely N-dealkylation sites (N-methyl/N-ethyl adjacent to an activating group) is 1. The minimum atomic E-state index is -0.0102. The van der Waals surface area contributed by atoms with E-state index in [1.54, 1.807) is 6.92 Å². The molecule has 2 N–H and O–H groups in total. The Hall–Kier alpha value is -1.06. The summed E-state index contributed by atoms with van der Waals surface area (Å²) in [7, 11) is 0. The quantitative estimate of drug-likeness (QED) is 0.885. The molecule has 2 rings (SSSR count). The minimum Gasteiger partial charge on any atom is -0.326 e. The third-order valence-electron chi connectivity index (χ3n) is 3.25. The molecule has 1 aromatic rings. The van der Waals surface area contributed by atoms with E-state index in [9.17, 15) is 4.79 Å². The van der Waals surface area contributed by atoms with Crippen LogP contribution in [0.5, 0.6) is 0 Å². The SMILES string of the molecule is CCNC1CCc2ccc(NC(C)=O)cc2C1.Cl. The predicted octanol–water partition coefficient (Wildman–Crippen LogP) is 2.53. The molecule has 0 saturated heterocycles. The van der Waals surface area contributed by atoms with Crippen molar-refractivity contribution in [1.29, 1.82) is 0 Å². The molecule has 100 valence electrons. The van der Waals surface area contributed by atoms with Crippen LogP contribution < -0.4 is 10.6 Å². The van der Waals surface area contributed by atoms with Crippen LogP contribution in [0.2, 0.25) is 0 Å². The number of benzene rings is 1. The Kier molecular flexibility index (Phi) is 5.63. The van der Waals surface area contributed by atoms with Gasteiger partial charge in [0.25, 0.3) is 0 Å². The van der Waals surface area contributed by atoms with Crippen LogP contribution in [-0.2, 0) is 17.6 Å². The first kappa shape index (κ1) is 15.0. The number of halogens is 1. The van der Waals surface area contributed by atoms with Crippen LogP contribution in [0, 0.1) is 0 Å². The molecule has 1 aliphatic carbocycles. The average Bonchev–Trinajstić information content (AvgIpc) is 2.28. The molecule has 0 saturated carbocycles. The Balaban J connectivity index is 0.00000162. The number of nitrogens with one attached hydrogen (secondary N) is 2. The lowest BCUT2D eigenvalue weighted by Crippen LogP contribution is -2.34. The maximum absolute atomic E-state index is 11.0. The Bertz CT molecular complexity index is 420. The zero-order valence-electron chi connectivity index (χ0n) is 11.0. The summed E-state index contributed by atoms with van der Waals surface area (Å²) in [4.78, 5) is 11.0. The number of carbonyl (C=O) groups excluding carboxylic acids is 1. The molecule has 0 spiro atoms. The van der Waals surface area contributed by atoms with Crippen LogP contribution >= 0.6 is 12.4 Å². The average molecular weight is 269 g/mol. The van der Waals surface area contributed by atoms with Gasteiger partial charge in [-0.2, -0.15) is 0 Å². The van der Waals surface area contributed by atoms with Crippen molar-refractivity contribution < 1.29 is 4.79 Å². The fourth-order valence-corrected chi connectivity index (χ4v) is 2.50. The van der Waals surface area contributed by atoms with Crippen LogP contribution in [0.3, 0.4) is 0 Å². The van der Waals surface area contributed by atoms with Crippen molar-refractivity contribution in [3.8, 4) is 0 Å². The maximum atomic E-state index is 11.0. The van der Waals surface area contributed by atoms with Crippen molar-refractivity contribution in [1.82, 2.24) is 5.32 Å². The highest BCUT2D eigenvalue weighted by Crippen LogP contribution is 2.24. The van der Waals surface area contributed by atoms with Crippen molar-refractivity contribution in [2.45, 2.75) is 39.2 Å². The van der Waals surface area contributed by atoms with E-state index in [-0.39, 0.29) is 18.3 Å². The monoisotopic (exact) mass is 268 g/mol. The number of hydrogen-bond acceptors (Lipinski definition) is 2. The molecule has 1 aliphatic rings. The molecule has 4 heteroatoms. The Morgan fingerprint density at radius 1 is 1.39 bits per heavy atom. The topological polar surface area (TPSA) is 41.1 Å². The first-order valence-corrected chi connectivity index (χ1v) is 6.32. The van der Waals surface area contributed by atoms with Gasteiger partial charge in [-0.1, -0.05) is 13.0 Å². The van der Waals surface area contributed by atoms with Crippen molar-refractivity contribution in [3.63, 3.8) is 0 Å². The molecule has 1 unspecified atom stereocenters. The number of anilines is 1. The highest BCUT2D eigenvalue weighted by Gasteiger charge is 2.17.